The molecular formula is C17H28O2Si. The number of benzene rings is 1. The first-order valence-electron chi connectivity index (χ1n) is 7.66. The van der Waals surface area contributed by atoms with E-state index in [9.17, 15) is 0 Å². The Kier molecular flexibility index (Phi) is 5.05. The molecule has 1 heterocycles. The highest BCUT2D eigenvalue weighted by Gasteiger charge is 2.37. The summed E-state index contributed by atoms with van der Waals surface area (Å²) in [4.78, 5) is 0. The molecule has 2 nitrogen and oxygen atoms in total. The zero-order chi connectivity index (χ0) is 14.6. The van der Waals surface area contributed by atoms with Gasteiger partial charge in [-0.2, -0.15) is 0 Å². The molecule has 3 heteroatoms. The van der Waals surface area contributed by atoms with Crippen molar-refractivity contribution in [2.24, 2.45) is 0 Å². The summed E-state index contributed by atoms with van der Waals surface area (Å²) in [5.41, 5.74) is 1.15. The normalized spacial score (nSPS) is 26.9. The lowest BCUT2D eigenvalue weighted by Gasteiger charge is -2.27. The van der Waals surface area contributed by atoms with Gasteiger partial charge in [-0.25, -0.2) is 0 Å². The molecule has 0 unspecified atom stereocenters. The highest BCUT2D eigenvalue weighted by molar-refractivity contribution is 6.76. The van der Waals surface area contributed by atoms with E-state index in [0.29, 0.717) is 19.3 Å². The van der Waals surface area contributed by atoms with Crippen LogP contribution in [-0.4, -0.2) is 26.4 Å². The number of ether oxygens (including phenoxy) is 2. The molecule has 1 aliphatic rings. The maximum Gasteiger partial charge on any atom is 0.0891 e. The number of hydrogen-bond donors (Lipinski definition) is 0. The summed E-state index contributed by atoms with van der Waals surface area (Å²) >= 11 is 0. The minimum atomic E-state index is -1.03. The van der Waals surface area contributed by atoms with E-state index in [-0.39, 0.29) is 5.60 Å². The molecule has 112 valence electrons. The fourth-order valence-electron chi connectivity index (χ4n) is 2.88. The summed E-state index contributed by atoms with van der Waals surface area (Å²) in [5.74, 6) is 0. The van der Waals surface area contributed by atoms with E-state index in [1.54, 1.807) is 0 Å². The van der Waals surface area contributed by atoms with Crippen LogP contribution in [0.3, 0.4) is 0 Å². The maximum absolute atomic E-state index is 6.27. The van der Waals surface area contributed by atoms with Gasteiger partial charge in [0.05, 0.1) is 24.9 Å². The maximum atomic E-state index is 6.27. The van der Waals surface area contributed by atoms with Crippen molar-refractivity contribution in [1.29, 1.82) is 0 Å². The first kappa shape index (κ1) is 15.7. The monoisotopic (exact) mass is 292 g/mol. The van der Waals surface area contributed by atoms with E-state index in [1.165, 1.54) is 18.0 Å². The Morgan fingerprint density at radius 1 is 1.25 bits per heavy atom. The molecule has 0 aliphatic carbocycles. The van der Waals surface area contributed by atoms with Gasteiger partial charge in [0.2, 0.25) is 0 Å². The third kappa shape index (κ3) is 5.04. The van der Waals surface area contributed by atoms with Gasteiger partial charge in [-0.3, -0.25) is 0 Å². The predicted molar refractivity (Wildman–Crippen MR) is 86.8 cm³/mol. The van der Waals surface area contributed by atoms with Crippen LogP contribution >= 0.6 is 0 Å². The van der Waals surface area contributed by atoms with Crippen molar-refractivity contribution in [3.05, 3.63) is 35.9 Å². The molecule has 1 aromatic carbocycles. The van der Waals surface area contributed by atoms with Crippen LogP contribution in [0, 0.1) is 0 Å². The van der Waals surface area contributed by atoms with Crippen molar-refractivity contribution in [3.63, 3.8) is 0 Å². The third-order valence-electron chi connectivity index (χ3n) is 3.81. The Bertz CT molecular complexity index is 413. The van der Waals surface area contributed by atoms with Crippen molar-refractivity contribution in [2.75, 3.05) is 6.61 Å². The molecule has 1 saturated heterocycles. The smallest absolute Gasteiger partial charge is 0.0891 e. The zero-order valence-corrected chi connectivity index (χ0v) is 14.3. The molecule has 0 amide bonds. The van der Waals surface area contributed by atoms with Crippen LogP contribution in [0.25, 0.3) is 0 Å². The number of rotatable bonds is 6. The number of hydrogen-bond acceptors (Lipinski definition) is 2. The second-order valence-corrected chi connectivity index (χ2v) is 13.0. The highest BCUT2D eigenvalue weighted by atomic mass is 28.3. The summed E-state index contributed by atoms with van der Waals surface area (Å²) in [6.45, 7) is 10.8. The molecule has 2 atom stereocenters. The summed E-state index contributed by atoms with van der Waals surface area (Å²) in [6.07, 6.45) is 2.76. The Morgan fingerprint density at radius 3 is 2.60 bits per heavy atom. The van der Waals surface area contributed by atoms with Crippen molar-refractivity contribution < 1.29 is 9.47 Å². The van der Waals surface area contributed by atoms with Gasteiger partial charge in [-0.15, -0.1) is 0 Å². The van der Waals surface area contributed by atoms with Crippen LogP contribution in [0.4, 0.5) is 0 Å². The molecule has 0 bridgehead atoms. The van der Waals surface area contributed by atoms with Crippen LogP contribution in [0.1, 0.15) is 25.3 Å². The first-order chi connectivity index (χ1) is 9.36. The van der Waals surface area contributed by atoms with Crippen molar-refractivity contribution >= 4 is 8.07 Å². The van der Waals surface area contributed by atoms with Gasteiger partial charge in [-0.1, -0.05) is 50.0 Å². The fourth-order valence-corrected chi connectivity index (χ4v) is 4.53. The topological polar surface area (TPSA) is 18.5 Å². The summed E-state index contributed by atoms with van der Waals surface area (Å²) in [6, 6.07) is 11.6. The van der Waals surface area contributed by atoms with Crippen molar-refractivity contribution in [3.8, 4) is 0 Å². The molecule has 0 N–H and O–H groups in total. The molecule has 0 radical (unpaired) electrons. The van der Waals surface area contributed by atoms with Gasteiger partial charge in [0.25, 0.3) is 0 Å². The lowest BCUT2D eigenvalue weighted by Crippen LogP contribution is -2.33. The van der Waals surface area contributed by atoms with Gasteiger partial charge in [0.1, 0.15) is 0 Å². The van der Waals surface area contributed by atoms with Gasteiger partial charge in [-0.05, 0) is 31.4 Å². The molecular weight excluding hydrogens is 264 g/mol. The molecule has 0 saturated carbocycles. The minimum absolute atomic E-state index is 0.0842. The second-order valence-electron chi connectivity index (χ2n) is 7.47. The van der Waals surface area contributed by atoms with Gasteiger partial charge in [0.15, 0.2) is 0 Å². The Morgan fingerprint density at radius 2 is 1.95 bits per heavy atom. The van der Waals surface area contributed by atoms with Crippen LogP contribution in [0.15, 0.2) is 30.3 Å². The van der Waals surface area contributed by atoms with Gasteiger partial charge in [0, 0.05) is 8.07 Å². The third-order valence-corrected chi connectivity index (χ3v) is 5.49. The molecule has 20 heavy (non-hydrogen) atoms. The highest BCUT2D eigenvalue weighted by Crippen LogP contribution is 2.34. The van der Waals surface area contributed by atoms with E-state index in [1.807, 2.05) is 6.07 Å². The molecule has 1 aliphatic heterocycles. The van der Waals surface area contributed by atoms with Crippen LogP contribution in [0.2, 0.25) is 25.7 Å². The lowest BCUT2D eigenvalue weighted by molar-refractivity contribution is -0.0792. The Labute approximate surface area is 124 Å². The zero-order valence-electron chi connectivity index (χ0n) is 13.3. The summed E-state index contributed by atoms with van der Waals surface area (Å²) < 4.78 is 12.1. The summed E-state index contributed by atoms with van der Waals surface area (Å²) in [7, 11) is -1.03. The van der Waals surface area contributed by atoms with E-state index >= 15 is 0 Å². The predicted octanol–water partition coefficient (Wildman–Crippen LogP) is 4.48. The Hall–Kier alpha value is -0.643. The average molecular weight is 292 g/mol. The van der Waals surface area contributed by atoms with E-state index in [2.05, 4.69) is 50.8 Å². The molecule has 1 fully saturated rings. The molecule has 0 aromatic heterocycles. The summed E-state index contributed by atoms with van der Waals surface area (Å²) in [5, 5.41) is 0. The average Bonchev–Trinajstić information content (AvgIpc) is 2.70. The van der Waals surface area contributed by atoms with Crippen molar-refractivity contribution in [2.45, 2.75) is 63.8 Å². The quantitative estimate of drug-likeness (QED) is 0.720. The van der Waals surface area contributed by atoms with Gasteiger partial charge >= 0.3 is 0 Å². The standard InChI is InChI=1S/C17H28O2Si/c1-17(11-10-16(19-17)13-20(2,3)4)14-18-12-15-8-6-5-7-9-15/h5-9,16H,10-14H2,1-4H3/t16-,17+/m0/s1. The largest absolute Gasteiger partial charge is 0.374 e. The van der Waals surface area contributed by atoms with Crippen LogP contribution in [-0.2, 0) is 16.1 Å². The van der Waals surface area contributed by atoms with E-state index < -0.39 is 8.07 Å². The van der Waals surface area contributed by atoms with Crippen molar-refractivity contribution in [1.82, 2.24) is 0 Å². The SMILES string of the molecule is C[C@]1(COCc2ccccc2)CC[C@@H](C[Si](C)(C)C)O1. The molecule has 1 aromatic rings. The lowest BCUT2D eigenvalue weighted by atomic mass is 10.0. The molecule has 0 spiro atoms. The second kappa shape index (κ2) is 6.42. The Balaban J connectivity index is 1.76. The van der Waals surface area contributed by atoms with Crippen LogP contribution in [0.5, 0.6) is 0 Å². The first-order valence-corrected chi connectivity index (χ1v) is 11.4. The van der Waals surface area contributed by atoms with E-state index in [4.69, 9.17) is 9.47 Å². The van der Waals surface area contributed by atoms with E-state index in [0.717, 1.165) is 6.42 Å². The van der Waals surface area contributed by atoms with Crippen LogP contribution < -0.4 is 0 Å². The molecule has 2 rings (SSSR count). The fraction of sp³-hybridized carbons (Fsp3) is 0.647. The minimum Gasteiger partial charge on any atom is -0.374 e. The van der Waals surface area contributed by atoms with Gasteiger partial charge < -0.3 is 9.47 Å².